The molecule has 0 aromatic carbocycles. The molecule has 1 unspecified atom stereocenters. The van der Waals surface area contributed by atoms with Crippen LogP contribution in [0, 0.1) is 13.8 Å². The fraction of sp³-hybridized carbons (Fsp3) is 0.800. The largest absolute Gasteiger partial charge is 0.311 e. The molecule has 1 aliphatic rings. The standard InChI is InChI=1S/C15H26N2S/c1-4-8-15(9-6-5-7-10-16-15)11-14-17-12(2)13(3)18-14/h16H,4-11H2,1-3H3. The Bertz CT molecular complexity index is 356. The third kappa shape index (κ3) is 3.33. The van der Waals surface area contributed by atoms with Crippen LogP contribution in [0.4, 0.5) is 0 Å². The van der Waals surface area contributed by atoms with E-state index in [-0.39, 0.29) is 0 Å². The van der Waals surface area contributed by atoms with E-state index in [1.54, 1.807) is 0 Å². The summed E-state index contributed by atoms with van der Waals surface area (Å²) in [5.74, 6) is 0. The highest BCUT2D eigenvalue weighted by Gasteiger charge is 2.31. The number of hydrogen-bond donors (Lipinski definition) is 1. The Morgan fingerprint density at radius 1 is 1.28 bits per heavy atom. The average Bonchev–Trinajstić information content (AvgIpc) is 2.54. The molecule has 3 heteroatoms. The molecule has 1 fully saturated rings. The SMILES string of the molecule is CCCC1(Cc2nc(C)c(C)s2)CCCCCN1. The molecule has 2 nitrogen and oxygen atoms in total. The maximum Gasteiger partial charge on any atom is 0.0949 e. The summed E-state index contributed by atoms with van der Waals surface area (Å²) in [5, 5.41) is 5.17. The number of rotatable bonds is 4. The fourth-order valence-corrected chi connectivity index (χ4v) is 4.12. The van der Waals surface area contributed by atoms with Gasteiger partial charge in [0.05, 0.1) is 10.7 Å². The summed E-state index contributed by atoms with van der Waals surface area (Å²) in [6.45, 7) is 7.79. The second-order valence-corrected chi connectivity index (χ2v) is 6.98. The van der Waals surface area contributed by atoms with Gasteiger partial charge >= 0.3 is 0 Å². The van der Waals surface area contributed by atoms with Crippen molar-refractivity contribution in [1.29, 1.82) is 0 Å². The maximum absolute atomic E-state index is 4.74. The zero-order valence-corrected chi connectivity index (χ0v) is 12.8. The van der Waals surface area contributed by atoms with Gasteiger partial charge in [-0.3, -0.25) is 0 Å². The molecule has 0 aliphatic carbocycles. The molecule has 1 saturated heterocycles. The van der Waals surface area contributed by atoms with Crippen molar-refractivity contribution in [3.8, 4) is 0 Å². The van der Waals surface area contributed by atoms with E-state index in [1.807, 2.05) is 11.3 Å². The van der Waals surface area contributed by atoms with Crippen LogP contribution in [-0.2, 0) is 6.42 Å². The van der Waals surface area contributed by atoms with Crippen molar-refractivity contribution in [2.45, 2.75) is 71.3 Å². The smallest absolute Gasteiger partial charge is 0.0949 e. The predicted octanol–water partition coefficient (Wildman–Crippen LogP) is 4.00. The van der Waals surface area contributed by atoms with Crippen LogP contribution in [-0.4, -0.2) is 17.1 Å². The zero-order chi connectivity index (χ0) is 13.0. The number of nitrogens with one attached hydrogen (secondary N) is 1. The summed E-state index contributed by atoms with van der Waals surface area (Å²) in [5.41, 5.74) is 1.54. The van der Waals surface area contributed by atoms with E-state index < -0.39 is 0 Å². The van der Waals surface area contributed by atoms with Gasteiger partial charge in [0.1, 0.15) is 0 Å². The number of aromatic nitrogens is 1. The van der Waals surface area contributed by atoms with Gasteiger partial charge in [-0.25, -0.2) is 4.98 Å². The molecular weight excluding hydrogens is 240 g/mol. The van der Waals surface area contributed by atoms with E-state index in [4.69, 9.17) is 4.98 Å². The Kier molecular flexibility index (Phi) is 4.79. The van der Waals surface area contributed by atoms with Crippen molar-refractivity contribution >= 4 is 11.3 Å². The second kappa shape index (κ2) is 6.16. The Hall–Kier alpha value is -0.410. The summed E-state index contributed by atoms with van der Waals surface area (Å²) in [6.07, 6.45) is 9.08. The minimum Gasteiger partial charge on any atom is -0.311 e. The molecule has 0 radical (unpaired) electrons. The first-order valence-electron chi connectivity index (χ1n) is 7.33. The summed E-state index contributed by atoms with van der Waals surface area (Å²) in [7, 11) is 0. The van der Waals surface area contributed by atoms with Gasteiger partial charge in [0, 0.05) is 16.8 Å². The highest BCUT2D eigenvalue weighted by Crippen LogP contribution is 2.30. The third-order valence-corrected chi connectivity index (χ3v) is 5.20. The van der Waals surface area contributed by atoms with Crippen molar-refractivity contribution in [2.75, 3.05) is 6.54 Å². The molecular formula is C15H26N2S. The van der Waals surface area contributed by atoms with Gasteiger partial charge in [0.2, 0.25) is 0 Å². The first-order valence-corrected chi connectivity index (χ1v) is 8.15. The topological polar surface area (TPSA) is 24.9 Å². The molecule has 18 heavy (non-hydrogen) atoms. The van der Waals surface area contributed by atoms with E-state index in [1.165, 1.54) is 60.6 Å². The van der Waals surface area contributed by atoms with Gasteiger partial charge in [0.15, 0.2) is 0 Å². The minimum absolute atomic E-state index is 0.321. The van der Waals surface area contributed by atoms with Crippen LogP contribution in [0.5, 0.6) is 0 Å². The third-order valence-electron chi connectivity index (χ3n) is 4.12. The molecule has 1 aromatic heterocycles. The van der Waals surface area contributed by atoms with Crippen LogP contribution < -0.4 is 5.32 Å². The van der Waals surface area contributed by atoms with Gasteiger partial charge in [0.25, 0.3) is 0 Å². The van der Waals surface area contributed by atoms with Crippen molar-refractivity contribution in [2.24, 2.45) is 0 Å². The highest BCUT2D eigenvalue weighted by molar-refractivity contribution is 7.11. The lowest BCUT2D eigenvalue weighted by Crippen LogP contribution is -2.46. The molecule has 0 saturated carbocycles. The van der Waals surface area contributed by atoms with Gasteiger partial charge in [-0.2, -0.15) is 0 Å². The van der Waals surface area contributed by atoms with E-state index in [0.717, 1.165) is 6.42 Å². The zero-order valence-electron chi connectivity index (χ0n) is 12.0. The summed E-state index contributed by atoms with van der Waals surface area (Å²) in [4.78, 5) is 6.12. The number of thiazole rings is 1. The van der Waals surface area contributed by atoms with Crippen LogP contribution >= 0.6 is 11.3 Å². The summed E-state index contributed by atoms with van der Waals surface area (Å²) in [6, 6.07) is 0. The lowest BCUT2D eigenvalue weighted by Gasteiger charge is -2.33. The van der Waals surface area contributed by atoms with Gasteiger partial charge < -0.3 is 5.32 Å². The van der Waals surface area contributed by atoms with Crippen LogP contribution in [0.1, 0.15) is 61.0 Å². The number of hydrogen-bond acceptors (Lipinski definition) is 3. The summed E-state index contributed by atoms with van der Waals surface area (Å²) >= 11 is 1.89. The van der Waals surface area contributed by atoms with E-state index >= 15 is 0 Å². The average molecular weight is 266 g/mol. The van der Waals surface area contributed by atoms with Gasteiger partial charge in [-0.05, 0) is 39.7 Å². The van der Waals surface area contributed by atoms with Crippen LogP contribution in [0.2, 0.25) is 0 Å². The van der Waals surface area contributed by atoms with Crippen LogP contribution in [0.3, 0.4) is 0 Å². The Balaban J connectivity index is 2.13. The van der Waals surface area contributed by atoms with Crippen LogP contribution in [0.25, 0.3) is 0 Å². The van der Waals surface area contributed by atoms with E-state index in [0.29, 0.717) is 5.54 Å². The van der Waals surface area contributed by atoms with Gasteiger partial charge in [-0.1, -0.05) is 26.2 Å². The predicted molar refractivity (Wildman–Crippen MR) is 79.4 cm³/mol. The Morgan fingerprint density at radius 3 is 2.78 bits per heavy atom. The number of aryl methyl sites for hydroxylation is 2. The molecule has 0 amide bonds. The highest BCUT2D eigenvalue weighted by atomic mass is 32.1. The summed E-state index contributed by atoms with van der Waals surface area (Å²) < 4.78 is 0. The van der Waals surface area contributed by atoms with Crippen molar-refractivity contribution in [3.63, 3.8) is 0 Å². The first kappa shape index (κ1) is 14.0. The quantitative estimate of drug-likeness (QED) is 0.891. The monoisotopic (exact) mass is 266 g/mol. The minimum atomic E-state index is 0.321. The molecule has 2 rings (SSSR count). The molecule has 1 aromatic rings. The van der Waals surface area contributed by atoms with Crippen molar-refractivity contribution < 1.29 is 0 Å². The number of nitrogens with zero attached hydrogens (tertiary/aromatic N) is 1. The van der Waals surface area contributed by atoms with Crippen molar-refractivity contribution in [1.82, 2.24) is 10.3 Å². The fourth-order valence-electron chi connectivity index (χ4n) is 3.04. The maximum atomic E-state index is 4.74. The van der Waals surface area contributed by atoms with Crippen molar-refractivity contribution in [3.05, 3.63) is 15.6 Å². The lowest BCUT2D eigenvalue weighted by molar-refractivity contribution is 0.288. The molecule has 0 spiro atoms. The van der Waals surface area contributed by atoms with E-state index in [2.05, 4.69) is 26.1 Å². The lowest BCUT2D eigenvalue weighted by atomic mass is 9.85. The molecule has 1 atom stereocenters. The first-order chi connectivity index (χ1) is 8.65. The Labute approximate surface area is 115 Å². The normalized spacial score (nSPS) is 25.1. The van der Waals surface area contributed by atoms with Gasteiger partial charge in [-0.15, -0.1) is 11.3 Å². The van der Waals surface area contributed by atoms with Crippen LogP contribution in [0.15, 0.2) is 0 Å². The molecule has 102 valence electrons. The Morgan fingerprint density at radius 2 is 2.11 bits per heavy atom. The molecule has 1 aliphatic heterocycles. The molecule has 0 bridgehead atoms. The van der Waals surface area contributed by atoms with E-state index in [9.17, 15) is 0 Å². The molecule has 2 heterocycles. The second-order valence-electron chi connectivity index (χ2n) is 5.69. The molecule has 1 N–H and O–H groups in total.